The van der Waals surface area contributed by atoms with Crippen LogP contribution >= 0.6 is 0 Å². The molecule has 0 radical (unpaired) electrons. The van der Waals surface area contributed by atoms with Crippen LogP contribution in [0.5, 0.6) is 0 Å². The molecule has 0 saturated heterocycles. The van der Waals surface area contributed by atoms with Crippen LogP contribution in [0.15, 0.2) is 21.5 Å². The van der Waals surface area contributed by atoms with Crippen molar-refractivity contribution in [2.75, 3.05) is 6.54 Å². The van der Waals surface area contributed by atoms with Crippen LogP contribution in [-0.2, 0) is 26.1 Å². The van der Waals surface area contributed by atoms with E-state index in [1.54, 1.807) is 6.07 Å². The maximum atomic E-state index is 11.8. The third-order valence-corrected chi connectivity index (χ3v) is 3.58. The largest absolute Gasteiger partial charge is 0.360 e. The van der Waals surface area contributed by atoms with E-state index in [2.05, 4.69) is 15.2 Å². The fraction of sp³-hybridized carbons (Fsp3) is 0.500. The van der Waals surface area contributed by atoms with Gasteiger partial charge in [0.15, 0.2) is 5.76 Å². The molecule has 0 aliphatic carbocycles. The van der Waals surface area contributed by atoms with Crippen molar-refractivity contribution in [1.82, 2.24) is 19.8 Å². The lowest BCUT2D eigenvalue weighted by Gasteiger charge is -2.27. The van der Waals surface area contributed by atoms with Gasteiger partial charge in [-0.15, -0.1) is 0 Å². The average molecular weight is 274 g/mol. The summed E-state index contributed by atoms with van der Waals surface area (Å²) in [7, 11) is 0. The molecular formula is C14H18N4O2. The summed E-state index contributed by atoms with van der Waals surface area (Å²) in [5, 5.41) is 8.31. The number of aryl methyl sites for hydroxylation is 2. The highest BCUT2D eigenvalue weighted by Crippen LogP contribution is 2.17. The fourth-order valence-electron chi connectivity index (χ4n) is 2.57. The summed E-state index contributed by atoms with van der Waals surface area (Å²) in [6, 6.07) is 3.66. The fourth-order valence-corrected chi connectivity index (χ4v) is 2.57. The van der Waals surface area contributed by atoms with Gasteiger partial charge in [-0.25, -0.2) is 4.68 Å². The Bertz CT molecular complexity index is 674. The summed E-state index contributed by atoms with van der Waals surface area (Å²) in [4.78, 5) is 14.1. The molecule has 0 bridgehead atoms. The maximum Gasteiger partial charge on any atom is 0.267 e. The zero-order chi connectivity index (χ0) is 14.1. The molecular weight excluding hydrogens is 256 g/mol. The molecule has 6 heteroatoms. The van der Waals surface area contributed by atoms with E-state index < -0.39 is 0 Å². The number of aromatic nitrogens is 3. The van der Waals surface area contributed by atoms with Crippen molar-refractivity contribution in [3.05, 3.63) is 45.2 Å². The molecule has 0 amide bonds. The minimum Gasteiger partial charge on any atom is -0.360 e. The van der Waals surface area contributed by atoms with Crippen LogP contribution in [-0.4, -0.2) is 26.4 Å². The molecule has 3 heterocycles. The molecule has 6 nitrogen and oxygen atoms in total. The first kappa shape index (κ1) is 13.1. The van der Waals surface area contributed by atoms with Gasteiger partial charge in [-0.3, -0.25) is 9.69 Å². The van der Waals surface area contributed by atoms with E-state index in [-0.39, 0.29) is 5.56 Å². The Morgan fingerprint density at radius 1 is 1.40 bits per heavy atom. The third kappa shape index (κ3) is 2.51. The molecule has 0 spiro atoms. The third-order valence-electron chi connectivity index (χ3n) is 3.58. The predicted octanol–water partition coefficient (Wildman–Crippen LogP) is 1.12. The number of nitrogens with zero attached hydrogens (tertiary/aromatic N) is 4. The quantitative estimate of drug-likeness (QED) is 0.839. The van der Waals surface area contributed by atoms with Gasteiger partial charge >= 0.3 is 0 Å². The van der Waals surface area contributed by atoms with E-state index in [0.717, 1.165) is 48.8 Å². The number of hydrogen-bond donors (Lipinski definition) is 0. The molecule has 0 aromatic carbocycles. The van der Waals surface area contributed by atoms with E-state index in [1.807, 2.05) is 19.9 Å². The van der Waals surface area contributed by atoms with Gasteiger partial charge in [0.2, 0.25) is 0 Å². The first-order valence-corrected chi connectivity index (χ1v) is 6.90. The molecule has 1 aliphatic rings. The van der Waals surface area contributed by atoms with Gasteiger partial charge in [0.05, 0.1) is 17.9 Å². The van der Waals surface area contributed by atoms with Crippen LogP contribution in [0, 0.1) is 6.92 Å². The van der Waals surface area contributed by atoms with Crippen LogP contribution in [0.4, 0.5) is 0 Å². The van der Waals surface area contributed by atoms with Crippen molar-refractivity contribution in [2.24, 2.45) is 0 Å². The summed E-state index contributed by atoms with van der Waals surface area (Å²) in [5.74, 6) is 0.862. The van der Waals surface area contributed by atoms with E-state index in [1.165, 1.54) is 4.68 Å². The summed E-state index contributed by atoms with van der Waals surface area (Å²) in [5.41, 5.74) is 2.94. The van der Waals surface area contributed by atoms with Crippen LogP contribution < -0.4 is 5.56 Å². The average Bonchev–Trinajstić information content (AvgIpc) is 2.83. The second kappa shape index (κ2) is 5.20. The molecule has 1 aliphatic heterocycles. The molecule has 0 saturated carbocycles. The maximum absolute atomic E-state index is 11.8. The lowest BCUT2D eigenvalue weighted by molar-refractivity contribution is 0.211. The lowest BCUT2D eigenvalue weighted by Crippen LogP contribution is -2.34. The van der Waals surface area contributed by atoms with Crippen molar-refractivity contribution >= 4 is 0 Å². The van der Waals surface area contributed by atoms with E-state index in [0.29, 0.717) is 6.54 Å². The van der Waals surface area contributed by atoms with Gasteiger partial charge in [-0.2, -0.15) is 5.10 Å². The Morgan fingerprint density at radius 3 is 2.95 bits per heavy atom. The van der Waals surface area contributed by atoms with Crippen LogP contribution in [0.25, 0.3) is 0 Å². The minimum absolute atomic E-state index is 0.0244. The zero-order valence-corrected chi connectivity index (χ0v) is 11.8. The smallest absolute Gasteiger partial charge is 0.267 e. The predicted molar refractivity (Wildman–Crippen MR) is 73.2 cm³/mol. The highest BCUT2D eigenvalue weighted by molar-refractivity contribution is 5.20. The second-order valence-electron chi connectivity index (χ2n) is 5.17. The van der Waals surface area contributed by atoms with E-state index >= 15 is 0 Å². The Balaban J connectivity index is 1.78. The van der Waals surface area contributed by atoms with Crippen molar-refractivity contribution in [1.29, 1.82) is 0 Å². The van der Waals surface area contributed by atoms with Gasteiger partial charge in [-0.1, -0.05) is 5.16 Å². The van der Waals surface area contributed by atoms with E-state index in [4.69, 9.17) is 4.52 Å². The number of hydrogen-bond acceptors (Lipinski definition) is 5. The van der Waals surface area contributed by atoms with Gasteiger partial charge < -0.3 is 4.52 Å². The molecule has 0 unspecified atom stereocenters. The highest BCUT2D eigenvalue weighted by Gasteiger charge is 2.20. The van der Waals surface area contributed by atoms with Crippen molar-refractivity contribution in [3.8, 4) is 0 Å². The Morgan fingerprint density at radius 2 is 2.25 bits per heavy atom. The van der Waals surface area contributed by atoms with Gasteiger partial charge in [-0.05, 0) is 19.4 Å². The normalized spacial score (nSPS) is 15.3. The van der Waals surface area contributed by atoms with Crippen LogP contribution in [0.2, 0.25) is 0 Å². The van der Waals surface area contributed by atoms with Gasteiger partial charge in [0.25, 0.3) is 5.56 Å². The Kier molecular flexibility index (Phi) is 3.40. The number of rotatable bonds is 3. The number of fused-ring (bicyclic) bond motifs is 1. The molecule has 0 N–H and O–H groups in total. The van der Waals surface area contributed by atoms with Crippen LogP contribution in [0.1, 0.15) is 29.6 Å². The molecule has 20 heavy (non-hydrogen) atoms. The molecule has 106 valence electrons. The zero-order valence-electron chi connectivity index (χ0n) is 11.8. The molecule has 3 rings (SSSR count). The summed E-state index contributed by atoms with van der Waals surface area (Å²) in [6.45, 7) is 6.84. The van der Waals surface area contributed by atoms with E-state index in [9.17, 15) is 4.79 Å². The summed E-state index contributed by atoms with van der Waals surface area (Å²) < 4.78 is 6.76. The minimum atomic E-state index is -0.0244. The first-order chi connectivity index (χ1) is 9.65. The molecule has 0 atom stereocenters. The van der Waals surface area contributed by atoms with Gasteiger partial charge in [0, 0.05) is 38.2 Å². The standard InChI is InChI=1S/C14H18N4O2/c1-3-18-14(19)7-11-8-17(5-4-13(11)15-18)9-12-6-10(2)16-20-12/h6-7H,3-5,8-9H2,1-2H3. The SMILES string of the molecule is CCn1nc2c(cc1=O)CN(Cc1cc(C)no1)CC2. The monoisotopic (exact) mass is 274 g/mol. The van der Waals surface area contributed by atoms with Crippen molar-refractivity contribution in [3.63, 3.8) is 0 Å². The second-order valence-corrected chi connectivity index (χ2v) is 5.17. The Labute approximate surface area is 117 Å². The molecule has 0 fully saturated rings. The topological polar surface area (TPSA) is 64.2 Å². The van der Waals surface area contributed by atoms with Crippen LogP contribution in [0.3, 0.4) is 0 Å². The summed E-state index contributed by atoms with van der Waals surface area (Å²) in [6.07, 6.45) is 0.864. The van der Waals surface area contributed by atoms with Gasteiger partial charge in [0.1, 0.15) is 0 Å². The Hall–Kier alpha value is -1.95. The lowest BCUT2D eigenvalue weighted by atomic mass is 10.1. The first-order valence-electron chi connectivity index (χ1n) is 6.90. The van der Waals surface area contributed by atoms with Crippen molar-refractivity contribution < 1.29 is 4.52 Å². The van der Waals surface area contributed by atoms with Crippen molar-refractivity contribution in [2.45, 2.75) is 39.9 Å². The molecule has 2 aromatic heterocycles. The summed E-state index contributed by atoms with van der Waals surface area (Å²) >= 11 is 0. The highest BCUT2D eigenvalue weighted by atomic mass is 16.5. The molecule has 2 aromatic rings.